The van der Waals surface area contributed by atoms with Crippen LogP contribution in [-0.2, 0) is 34.3 Å². The second kappa shape index (κ2) is 10.3. The summed E-state index contributed by atoms with van der Waals surface area (Å²) in [5.74, 6) is -0.647. The quantitative estimate of drug-likeness (QED) is 0.383. The molecule has 0 aliphatic rings. The lowest BCUT2D eigenvalue weighted by Crippen LogP contribution is -2.24. The highest BCUT2D eigenvalue weighted by Crippen LogP contribution is 2.17. The highest BCUT2D eigenvalue weighted by Gasteiger charge is 2.14. The Kier molecular flexibility index (Phi) is 7.03. The second-order valence-corrected chi connectivity index (χ2v) is 9.44. The van der Waals surface area contributed by atoms with E-state index >= 15 is 0 Å². The fourth-order valence-corrected chi connectivity index (χ4v) is 4.38. The molecule has 0 bridgehead atoms. The first kappa shape index (κ1) is 23.2. The highest BCUT2D eigenvalue weighted by atomic mass is 32.2. The van der Waals surface area contributed by atoms with Crippen LogP contribution < -0.4 is 10.0 Å². The zero-order chi connectivity index (χ0) is 24.0. The molecule has 0 fully saturated rings. The Bertz CT molecular complexity index is 1340. The number of aromatic nitrogens is 2. The summed E-state index contributed by atoms with van der Waals surface area (Å²) in [5, 5.41) is 2.90. The van der Waals surface area contributed by atoms with E-state index in [1.807, 2.05) is 35.0 Å². The highest BCUT2D eigenvalue weighted by molar-refractivity contribution is 7.92. The van der Waals surface area contributed by atoms with E-state index in [0.717, 1.165) is 35.4 Å². The van der Waals surface area contributed by atoms with Crippen LogP contribution in [0.15, 0.2) is 96.4 Å². The van der Waals surface area contributed by atoms with Crippen LogP contribution in [0.1, 0.15) is 16.7 Å². The number of sulfonamides is 1. The van der Waals surface area contributed by atoms with Crippen molar-refractivity contribution in [3.05, 3.63) is 114 Å². The van der Waals surface area contributed by atoms with Gasteiger partial charge in [0, 0.05) is 31.2 Å². The number of carbonyl (C=O) groups is 1. The summed E-state index contributed by atoms with van der Waals surface area (Å²) >= 11 is 0. The molecule has 0 saturated carbocycles. The number of imidazole rings is 1. The molecule has 174 valence electrons. The van der Waals surface area contributed by atoms with Gasteiger partial charge >= 0.3 is 0 Å². The van der Waals surface area contributed by atoms with E-state index in [2.05, 4.69) is 15.0 Å². The lowest BCUT2D eigenvalue weighted by Gasteiger charge is -2.10. The molecule has 0 unspecified atom stereocenters. The van der Waals surface area contributed by atoms with E-state index < -0.39 is 15.8 Å². The van der Waals surface area contributed by atoms with Gasteiger partial charge in [-0.1, -0.05) is 36.4 Å². The molecular weight excluding hydrogens is 455 g/mol. The van der Waals surface area contributed by atoms with Crippen molar-refractivity contribution in [3.63, 3.8) is 0 Å². The van der Waals surface area contributed by atoms with E-state index in [0.29, 0.717) is 12.2 Å². The zero-order valence-electron chi connectivity index (χ0n) is 18.2. The van der Waals surface area contributed by atoms with E-state index in [1.165, 1.54) is 12.1 Å². The second-order valence-electron chi connectivity index (χ2n) is 7.76. The third kappa shape index (κ3) is 6.29. The van der Waals surface area contributed by atoms with Crippen molar-refractivity contribution in [3.8, 4) is 0 Å². The average molecular weight is 479 g/mol. The molecule has 0 aliphatic heterocycles. The standard InChI is InChI=1S/C25H23FN4O3S/c26-22-7-11-24(12-8-22)34(32,33)29-23-9-5-19(6-10-23)15-25(31)28-16-20-1-3-21(4-2-20)17-30-14-13-27-18-30/h1-14,18,29H,15-17H2,(H,28,31). The van der Waals surface area contributed by atoms with Gasteiger partial charge in [-0.3, -0.25) is 9.52 Å². The van der Waals surface area contributed by atoms with Gasteiger partial charge in [-0.25, -0.2) is 17.8 Å². The number of nitrogens with one attached hydrogen (secondary N) is 2. The maximum absolute atomic E-state index is 13.0. The Hall–Kier alpha value is -3.98. The van der Waals surface area contributed by atoms with E-state index in [4.69, 9.17) is 0 Å². The third-order valence-electron chi connectivity index (χ3n) is 5.13. The Morgan fingerprint density at radius 1 is 0.882 bits per heavy atom. The number of rotatable bonds is 9. The maximum atomic E-state index is 13.0. The van der Waals surface area contributed by atoms with Crippen LogP contribution in [0.5, 0.6) is 0 Å². The van der Waals surface area contributed by atoms with E-state index in [-0.39, 0.29) is 17.2 Å². The Morgan fingerprint density at radius 3 is 2.18 bits per heavy atom. The number of anilines is 1. The van der Waals surface area contributed by atoms with Crippen molar-refractivity contribution in [1.29, 1.82) is 0 Å². The Balaban J connectivity index is 1.27. The molecule has 34 heavy (non-hydrogen) atoms. The molecule has 0 atom stereocenters. The van der Waals surface area contributed by atoms with Gasteiger partial charge < -0.3 is 9.88 Å². The first-order chi connectivity index (χ1) is 16.4. The van der Waals surface area contributed by atoms with E-state index in [9.17, 15) is 17.6 Å². The first-order valence-corrected chi connectivity index (χ1v) is 12.0. The molecule has 3 aromatic carbocycles. The Labute approximate surface area is 197 Å². The molecule has 0 saturated heterocycles. The Morgan fingerprint density at radius 2 is 1.53 bits per heavy atom. The minimum atomic E-state index is -3.82. The molecule has 1 heterocycles. The molecule has 7 nitrogen and oxygen atoms in total. The summed E-state index contributed by atoms with van der Waals surface area (Å²) in [6, 6.07) is 19.1. The summed E-state index contributed by atoms with van der Waals surface area (Å²) in [6.45, 7) is 1.16. The third-order valence-corrected chi connectivity index (χ3v) is 6.53. The van der Waals surface area contributed by atoms with Crippen molar-refractivity contribution in [2.75, 3.05) is 4.72 Å². The van der Waals surface area contributed by atoms with Crippen molar-refractivity contribution in [1.82, 2.24) is 14.9 Å². The molecular formula is C25H23FN4O3S. The molecule has 0 radical (unpaired) electrons. The van der Waals surface area contributed by atoms with Crippen LogP contribution in [0, 0.1) is 5.82 Å². The van der Waals surface area contributed by atoms with Gasteiger partial charge in [-0.05, 0) is 53.1 Å². The van der Waals surface area contributed by atoms with Gasteiger partial charge in [0.15, 0.2) is 0 Å². The lowest BCUT2D eigenvalue weighted by molar-refractivity contribution is -0.120. The summed E-state index contributed by atoms with van der Waals surface area (Å²) in [6.07, 6.45) is 5.58. The lowest BCUT2D eigenvalue weighted by atomic mass is 10.1. The van der Waals surface area contributed by atoms with Crippen LogP contribution in [0.25, 0.3) is 0 Å². The number of hydrogen-bond donors (Lipinski definition) is 2. The van der Waals surface area contributed by atoms with Gasteiger partial charge in [0.25, 0.3) is 10.0 Å². The molecule has 4 rings (SSSR count). The van der Waals surface area contributed by atoms with Crippen LogP contribution >= 0.6 is 0 Å². The summed E-state index contributed by atoms with van der Waals surface area (Å²) in [7, 11) is -3.82. The van der Waals surface area contributed by atoms with Crippen molar-refractivity contribution in [2.24, 2.45) is 0 Å². The minimum Gasteiger partial charge on any atom is -0.352 e. The van der Waals surface area contributed by atoms with Gasteiger partial charge in [0.1, 0.15) is 5.82 Å². The first-order valence-electron chi connectivity index (χ1n) is 10.5. The summed E-state index contributed by atoms with van der Waals surface area (Å²) in [4.78, 5) is 16.3. The summed E-state index contributed by atoms with van der Waals surface area (Å²) in [5.41, 5.74) is 3.23. The molecule has 1 amide bonds. The number of nitrogens with zero attached hydrogens (tertiary/aromatic N) is 2. The predicted molar refractivity (Wildman–Crippen MR) is 127 cm³/mol. The molecule has 9 heteroatoms. The molecule has 1 aromatic heterocycles. The molecule has 4 aromatic rings. The van der Waals surface area contributed by atoms with Crippen molar-refractivity contribution < 1.29 is 17.6 Å². The fourth-order valence-electron chi connectivity index (χ4n) is 3.32. The van der Waals surface area contributed by atoms with Gasteiger partial charge in [0.2, 0.25) is 5.91 Å². The number of halogens is 1. The monoisotopic (exact) mass is 478 g/mol. The normalized spacial score (nSPS) is 11.2. The van der Waals surface area contributed by atoms with Crippen LogP contribution in [0.3, 0.4) is 0 Å². The maximum Gasteiger partial charge on any atom is 0.261 e. The number of benzene rings is 3. The topological polar surface area (TPSA) is 93.1 Å². The largest absolute Gasteiger partial charge is 0.352 e. The van der Waals surface area contributed by atoms with Gasteiger partial charge in [0.05, 0.1) is 17.6 Å². The average Bonchev–Trinajstić information content (AvgIpc) is 3.33. The van der Waals surface area contributed by atoms with Gasteiger partial charge in [-0.2, -0.15) is 0 Å². The SMILES string of the molecule is O=C(Cc1ccc(NS(=O)(=O)c2ccc(F)cc2)cc1)NCc1ccc(Cn2ccnc2)cc1. The number of hydrogen-bond acceptors (Lipinski definition) is 4. The molecule has 0 spiro atoms. The van der Waals surface area contributed by atoms with E-state index in [1.54, 1.807) is 36.8 Å². The smallest absolute Gasteiger partial charge is 0.261 e. The minimum absolute atomic E-state index is 0.0351. The van der Waals surface area contributed by atoms with Crippen LogP contribution in [0.4, 0.5) is 10.1 Å². The fraction of sp³-hybridized carbons (Fsp3) is 0.120. The van der Waals surface area contributed by atoms with Crippen LogP contribution in [0.2, 0.25) is 0 Å². The zero-order valence-corrected chi connectivity index (χ0v) is 19.0. The van der Waals surface area contributed by atoms with Crippen LogP contribution in [-0.4, -0.2) is 23.9 Å². The van der Waals surface area contributed by atoms with Crippen molar-refractivity contribution in [2.45, 2.75) is 24.4 Å². The van der Waals surface area contributed by atoms with Crippen molar-refractivity contribution >= 4 is 21.6 Å². The molecule has 2 N–H and O–H groups in total. The van der Waals surface area contributed by atoms with Gasteiger partial charge in [-0.15, -0.1) is 0 Å². The summed E-state index contributed by atoms with van der Waals surface area (Å²) < 4.78 is 42.2. The number of carbonyl (C=O) groups excluding carboxylic acids is 1. The number of amides is 1. The molecule has 0 aliphatic carbocycles. The predicted octanol–water partition coefficient (Wildman–Crippen LogP) is 3.73.